The van der Waals surface area contributed by atoms with Gasteiger partial charge in [0.25, 0.3) is 0 Å². The van der Waals surface area contributed by atoms with Gasteiger partial charge in [-0.2, -0.15) is 4.98 Å². The fraction of sp³-hybridized carbons (Fsp3) is 0.269. The summed E-state index contributed by atoms with van der Waals surface area (Å²) >= 11 is 0. The topological polar surface area (TPSA) is 120 Å². The summed E-state index contributed by atoms with van der Waals surface area (Å²) in [5.41, 5.74) is 2.45. The molecule has 3 heterocycles. The second-order valence-electron chi connectivity index (χ2n) is 8.42. The second kappa shape index (κ2) is 10.0. The summed E-state index contributed by atoms with van der Waals surface area (Å²) in [7, 11) is 1.87. The van der Waals surface area contributed by atoms with Crippen molar-refractivity contribution < 1.29 is 14.1 Å². The molecule has 5 rings (SSSR count). The van der Waals surface area contributed by atoms with Crippen molar-refractivity contribution in [3.05, 3.63) is 54.6 Å². The molecule has 2 aromatic carbocycles. The van der Waals surface area contributed by atoms with E-state index in [1.54, 1.807) is 13.1 Å². The molecule has 2 N–H and O–H groups in total. The standard InChI is InChI=1S/C26H27N7O3/c1-4-14-35-21-7-5-6-20-23(21)33(3)26(30-20)31-22(34)11-13-28-25-19-15-18(24-29-16(2)36-32-24)9-8-17(19)10-12-27-25/h5-10,12,15H,4,11,13-14H2,1-3H3,(H,27,28)(H,30,31,34). The highest BCUT2D eigenvalue weighted by Crippen LogP contribution is 2.29. The van der Waals surface area contributed by atoms with Gasteiger partial charge < -0.3 is 19.1 Å². The molecule has 1 amide bonds. The van der Waals surface area contributed by atoms with E-state index in [0.29, 0.717) is 36.6 Å². The summed E-state index contributed by atoms with van der Waals surface area (Å²) in [5.74, 6) is 2.79. The van der Waals surface area contributed by atoms with Crippen LogP contribution in [0.15, 0.2) is 53.2 Å². The van der Waals surface area contributed by atoms with Gasteiger partial charge in [0.05, 0.1) is 12.1 Å². The van der Waals surface area contributed by atoms with Gasteiger partial charge in [0.2, 0.25) is 23.6 Å². The van der Waals surface area contributed by atoms with Crippen molar-refractivity contribution in [3.63, 3.8) is 0 Å². The van der Waals surface area contributed by atoms with Crippen LogP contribution in [0.25, 0.3) is 33.2 Å². The van der Waals surface area contributed by atoms with Gasteiger partial charge in [-0.3, -0.25) is 10.1 Å². The number of amides is 1. The summed E-state index contributed by atoms with van der Waals surface area (Å²) in [5, 5.41) is 12.1. The predicted octanol–water partition coefficient (Wildman–Crippen LogP) is 4.71. The van der Waals surface area contributed by atoms with E-state index in [1.165, 1.54) is 0 Å². The number of benzene rings is 2. The monoisotopic (exact) mass is 485 g/mol. The van der Waals surface area contributed by atoms with Crippen LogP contribution in [0.3, 0.4) is 0 Å². The molecule has 0 atom stereocenters. The molecule has 10 nitrogen and oxygen atoms in total. The Morgan fingerprint density at radius 1 is 1.17 bits per heavy atom. The maximum atomic E-state index is 12.7. The van der Waals surface area contributed by atoms with Gasteiger partial charge in [0.15, 0.2) is 0 Å². The first-order chi connectivity index (χ1) is 17.5. The number of aromatic nitrogens is 5. The van der Waals surface area contributed by atoms with Crippen LogP contribution in [-0.4, -0.2) is 43.7 Å². The summed E-state index contributed by atoms with van der Waals surface area (Å²) in [6, 6.07) is 13.5. The summed E-state index contributed by atoms with van der Waals surface area (Å²) in [6.07, 6.45) is 2.89. The minimum Gasteiger partial charge on any atom is -0.491 e. The normalized spacial score (nSPS) is 11.2. The lowest BCUT2D eigenvalue weighted by atomic mass is 10.1. The predicted molar refractivity (Wildman–Crippen MR) is 138 cm³/mol. The van der Waals surface area contributed by atoms with Crippen molar-refractivity contribution >= 4 is 39.5 Å². The number of anilines is 2. The molecule has 5 aromatic rings. The number of hydrogen-bond acceptors (Lipinski definition) is 8. The molecule has 10 heteroatoms. The third kappa shape index (κ3) is 4.70. The number of fused-ring (bicyclic) bond motifs is 2. The zero-order valence-electron chi connectivity index (χ0n) is 20.4. The second-order valence-corrected chi connectivity index (χ2v) is 8.42. The SMILES string of the molecule is CCCOc1cccc2nc(NC(=O)CCNc3nccc4ccc(-c5noc(C)n5)cc34)n(C)c12. The number of nitrogens with one attached hydrogen (secondary N) is 2. The smallest absolute Gasteiger partial charge is 0.228 e. The molecule has 0 saturated heterocycles. The van der Waals surface area contributed by atoms with Crippen LogP contribution in [-0.2, 0) is 11.8 Å². The third-order valence-electron chi connectivity index (χ3n) is 5.77. The first-order valence-corrected chi connectivity index (χ1v) is 11.8. The lowest BCUT2D eigenvalue weighted by Crippen LogP contribution is -2.18. The van der Waals surface area contributed by atoms with E-state index in [9.17, 15) is 4.79 Å². The lowest BCUT2D eigenvalue weighted by molar-refractivity contribution is -0.116. The summed E-state index contributed by atoms with van der Waals surface area (Å²) in [4.78, 5) is 26.0. The Labute approximate surface area is 207 Å². The lowest BCUT2D eigenvalue weighted by Gasteiger charge is -2.10. The van der Waals surface area contributed by atoms with Gasteiger partial charge in [-0.05, 0) is 36.1 Å². The molecule has 0 bridgehead atoms. The first-order valence-electron chi connectivity index (χ1n) is 11.8. The molecule has 36 heavy (non-hydrogen) atoms. The number of para-hydroxylation sites is 1. The molecule has 0 aliphatic rings. The molecule has 0 spiro atoms. The Bertz CT molecular complexity index is 1540. The van der Waals surface area contributed by atoms with E-state index in [1.807, 2.05) is 54.1 Å². The minimum absolute atomic E-state index is 0.153. The Morgan fingerprint density at radius 3 is 2.86 bits per heavy atom. The highest BCUT2D eigenvalue weighted by molar-refractivity contribution is 5.95. The van der Waals surface area contributed by atoms with Crippen LogP contribution >= 0.6 is 0 Å². The van der Waals surface area contributed by atoms with Crippen molar-refractivity contribution in [2.45, 2.75) is 26.7 Å². The fourth-order valence-electron chi connectivity index (χ4n) is 4.02. The Hall–Kier alpha value is -4.47. The maximum Gasteiger partial charge on any atom is 0.228 e. The molecule has 3 aromatic heterocycles. The first kappa shape index (κ1) is 23.3. The van der Waals surface area contributed by atoms with Gasteiger partial charge in [-0.25, -0.2) is 9.97 Å². The average Bonchev–Trinajstić information content (AvgIpc) is 3.46. The molecule has 0 fully saturated rings. The number of hydrogen-bond donors (Lipinski definition) is 2. The van der Waals surface area contributed by atoms with E-state index in [4.69, 9.17) is 9.26 Å². The number of pyridine rings is 1. The zero-order valence-corrected chi connectivity index (χ0v) is 20.4. The summed E-state index contributed by atoms with van der Waals surface area (Å²) < 4.78 is 12.8. The van der Waals surface area contributed by atoms with E-state index < -0.39 is 0 Å². The number of imidazole rings is 1. The van der Waals surface area contributed by atoms with Crippen LogP contribution in [0.5, 0.6) is 5.75 Å². The molecular weight excluding hydrogens is 458 g/mol. The van der Waals surface area contributed by atoms with Crippen molar-refractivity contribution in [2.75, 3.05) is 23.8 Å². The maximum absolute atomic E-state index is 12.7. The zero-order chi connectivity index (χ0) is 25.1. The van der Waals surface area contributed by atoms with Gasteiger partial charge >= 0.3 is 0 Å². The molecule has 184 valence electrons. The third-order valence-corrected chi connectivity index (χ3v) is 5.77. The Morgan fingerprint density at radius 2 is 2.06 bits per heavy atom. The molecule has 0 unspecified atom stereocenters. The molecule has 0 saturated carbocycles. The van der Waals surface area contributed by atoms with Crippen LogP contribution < -0.4 is 15.4 Å². The number of nitrogens with zero attached hydrogens (tertiary/aromatic N) is 5. The highest BCUT2D eigenvalue weighted by atomic mass is 16.5. The fourth-order valence-corrected chi connectivity index (χ4v) is 4.02. The number of ether oxygens (including phenoxy) is 1. The molecule has 0 aliphatic heterocycles. The average molecular weight is 486 g/mol. The van der Waals surface area contributed by atoms with Crippen LogP contribution in [0, 0.1) is 6.92 Å². The number of carbonyl (C=O) groups excluding carboxylic acids is 1. The summed E-state index contributed by atoms with van der Waals surface area (Å²) in [6.45, 7) is 4.84. The van der Waals surface area contributed by atoms with Crippen LogP contribution in [0.4, 0.5) is 11.8 Å². The number of carbonyl (C=O) groups is 1. The van der Waals surface area contributed by atoms with Crippen molar-refractivity contribution in [3.8, 4) is 17.1 Å². The minimum atomic E-state index is -0.153. The quantitative estimate of drug-likeness (QED) is 0.308. The largest absolute Gasteiger partial charge is 0.491 e. The van der Waals surface area contributed by atoms with Crippen molar-refractivity contribution in [1.29, 1.82) is 0 Å². The van der Waals surface area contributed by atoms with E-state index >= 15 is 0 Å². The molecule has 0 aliphatic carbocycles. The number of aryl methyl sites for hydroxylation is 2. The van der Waals surface area contributed by atoms with E-state index in [2.05, 4.69) is 37.7 Å². The van der Waals surface area contributed by atoms with Crippen molar-refractivity contribution in [1.82, 2.24) is 24.7 Å². The van der Waals surface area contributed by atoms with Crippen molar-refractivity contribution in [2.24, 2.45) is 7.05 Å². The number of rotatable bonds is 9. The Balaban J connectivity index is 1.27. The highest BCUT2D eigenvalue weighted by Gasteiger charge is 2.15. The molecule has 0 radical (unpaired) electrons. The van der Waals surface area contributed by atoms with E-state index in [0.717, 1.165) is 39.5 Å². The van der Waals surface area contributed by atoms with Crippen LogP contribution in [0.1, 0.15) is 25.7 Å². The van der Waals surface area contributed by atoms with Gasteiger partial charge in [0.1, 0.15) is 17.1 Å². The van der Waals surface area contributed by atoms with Gasteiger partial charge in [0, 0.05) is 44.1 Å². The van der Waals surface area contributed by atoms with Crippen LogP contribution in [0.2, 0.25) is 0 Å². The van der Waals surface area contributed by atoms with Gasteiger partial charge in [-0.1, -0.05) is 30.3 Å². The van der Waals surface area contributed by atoms with Gasteiger partial charge in [-0.15, -0.1) is 0 Å². The Kier molecular flexibility index (Phi) is 6.48. The van der Waals surface area contributed by atoms with E-state index in [-0.39, 0.29) is 12.3 Å². The molecular formula is C26H27N7O3.